The van der Waals surface area contributed by atoms with Gasteiger partial charge >= 0.3 is 5.97 Å². The minimum atomic E-state index is -1.42. The van der Waals surface area contributed by atoms with Crippen LogP contribution >= 0.6 is 15.9 Å². The molecule has 0 aliphatic heterocycles. The Morgan fingerprint density at radius 1 is 1.44 bits per heavy atom. The van der Waals surface area contributed by atoms with Gasteiger partial charge in [0, 0.05) is 9.89 Å². The Kier molecular flexibility index (Phi) is 3.76. The van der Waals surface area contributed by atoms with Gasteiger partial charge in [0.1, 0.15) is 0 Å². The summed E-state index contributed by atoms with van der Waals surface area (Å²) < 4.78 is 0.913. The number of aliphatic hydroxyl groups excluding tert-OH is 1. The molecule has 1 aromatic carbocycles. The maximum absolute atomic E-state index is 10.9. The molecule has 0 saturated heterocycles. The summed E-state index contributed by atoms with van der Waals surface area (Å²) in [5.74, 6) is -1.20. The van der Waals surface area contributed by atoms with Crippen molar-refractivity contribution < 1.29 is 15.0 Å². The molecule has 4 heteroatoms. The second kappa shape index (κ2) is 4.55. The standard InChI is InChI=1S/C12H15BrO3/c1-7-8(5-4-6-9(7)13)12(2,3)10(14)11(15)16/h4-6,10,14H,1-3H3,(H,15,16). The summed E-state index contributed by atoms with van der Waals surface area (Å²) in [6.07, 6.45) is -1.42. The van der Waals surface area contributed by atoms with E-state index in [0.717, 1.165) is 15.6 Å². The van der Waals surface area contributed by atoms with Crippen LogP contribution in [0.15, 0.2) is 22.7 Å². The van der Waals surface area contributed by atoms with Gasteiger partial charge in [0.25, 0.3) is 0 Å². The average molecular weight is 287 g/mol. The quantitative estimate of drug-likeness (QED) is 0.898. The average Bonchev–Trinajstić information content (AvgIpc) is 2.20. The molecule has 0 heterocycles. The van der Waals surface area contributed by atoms with Gasteiger partial charge in [-0.3, -0.25) is 0 Å². The van der Waals surface area contributed by atoms with Crippen molar-refractivity contribution in [3.8, 4) is 0 Å². The van der Waals surface area contributed by atoms with Crippen LogP contribution < -0.4 is 0 Å². The molecule has 3 nitrogen and oxygen atoms in total. The lowest BCUT2D eigenvalue weighted by Crippen LogP contribution is -2.40. The smallest absolute Gasteiger partial charge is 0.333 e. The van der Waals surface area contributed by atoms with Crippen molar-refractivity contribution in [1.29, 1.82) is 0 Å². The molecule has 0 aliphatic rings. The number of carbonyl (C=O) groups is 1. The first kappa shape index (κ1) is 13.2. The number of hydrogen-bond donors (Lipinski definition) is 2. The van der Waals surface area contributed by atoms with E-state index in [2.05, 4.69) is 15.9 Å². The highest BCUT2D eigenvalue weighted by molar-refractivity contribution is 9.10. The van der Waals surface area contributed by atoms with Crippen LogP contribution in [-0.4, -0.2) is 22.3 Å². The second-order valence-corrected chi connectivity index (χ2v) is 5.23. The summed E-state index contributed by atoms with van der Waals surface area (Å²) in [4.78, 5) is 10.9. The zero-order valence-corrected chi connectivity index (χ0v) is 11.1. The zero-order valence-electron chi connectivity index (χ0n) is 9.49. The first-order valence-corrected chi connectivity index (χ1v) is 5.74. The number of rotatable bonds is 3. The van der Waals surface area contributed by atoms with E-state index in [9.17, 15) is 9.90 Å². The summed E-state index contributed by atoms with van der Waals surface area (Å²) in [7, 11) is 0. The lowest BCUT2D eigenvalue weighted by molar-refractivity contribution is -0.150. The van der Waals surface area contributed by atoms with Crippen LogP contribution in [0.1, 0.15) is 25.0 Å². The Hall–Kier alpha value is -0.870. The van der Waals surface area contributed by atoms with Gasteiger partial charge in [0.15, 0.2) is 6.10 Å². The molecule has 1 aromatic rings. The fraction of sp³-hybridized carbons (Fsp3) is 0.417. The van der Waals surface area contributed by atoms with Crippen LogP contribution in [0.4, 0.5) is 0 Å². The third-order valence-corrected chi connectivity index (χ3v) is 3.74. The van der Waals surface area contributed by atoms with Crippen LogP contribution in [0.5, 0.6) is 0 Å². The Morgan fingerprint density at radius 3 is 2.50 bits per heavy atom. The van der Waals surface area contributed by atoms with Gasteiger partial charge in [-0.1, -0.05) is 41.9 Å². The number of benzene rings is 1. The lowest BCUT2D eigenvalue weighted by Gasteiger charge is -2.30. The van der Waals surface area contributed by atoms with Crippen molar-refractivity contribution in [2.75, 3.05) is 0 Å². The van der Waals surface area contributed by atoms with Crippen molar-refractivity contribution in [2.24, 2.45) is 0 Å². The van der Waals surface area contributed by atoms with Gasteiger partial charge in [0.2, 0.25) is 0 Å². The predicted molar refractivity (Wildman–Crippen MR) is 65.5 cm³/mol. The van der Waals surface area contributed by atoms with Gasteiger partial charge in [-0.25, -0.2) is 4.79 Å². The normalized spacial score (nSPS) is 13.6. The highest BCUT2D eigenvalue weighted by Crippen LogP contribution is 2.33. The molecular formula is C12H15BrO3. The van der Waals surface area contributed by atoms with Crippen molar-refractivity contribution in [1.82, 2.24) is 0 Å². The first-order valence-electron chi connectivity index (χ1n) is 4.95. The van der Waals surface area contributed by atoms with Crippen molar-refractivity contribution >= 4 is 21.9 Å². The number of hydrogen-bond acceptors (Lipinski definition) is 2. The van der Waals surface area contributed by atoms with Gasteiger partial charge in [-0.05, 0) is 24.1 Å². The molecule has 1 rings (SSSR count). The fourth-order valence-corrected chi connectivity index (χ4v) is 2.13. The van der Waals surface area contributed by atoms with Gasteiger partial charge in [0.05, 0.1) is 0 Å². The third-order valence-electron chi connectivity index (χ3n) is 2.88. The Bertz CT molecular complexity index is 413. The summed E-state index contributed by atoms with van der Waals surface area (Å²) in [6, 6.07) is 5.57. The zero-order chi connectivity index (χ0) is 12.5. The van der Waals surface area contributed by atoms with E-state index < -0.39 is 17.5 Å². The minimum Gasteiger partial charge on any atom is -0.479 e. The highest BCUT2D eigenvalue weighted by atomic mass is 79.9. The number of halogens is 1. The molecule has 1 atom stereocenters. The van der Waals surface area contributed by atoms with E-state index in [-0.39, 0.29) is 0 Å². The van der Waals surface area contributed by atoms with Crippen LogP contribution in [0.3, 0.4) is 0 Å². The maximum Gasteiger partial charge on any atom is 0.333 e. The largest absolute Gasteiger partial charge is 0.479 e. The minimum absolute atomic E-state index is 0.820. The molecule has 0 bridgehead atoms. The first-order chi connectivity index (χ1) is 7.28. The van der Waals surface area contributed by atoms with Crippen LogP contribution in [-0.2, 0) is 10.2 Å². The lowest BCUT2D eigenvalue weighted by atomic mass is 9.77. The molecule has 0 aromatic heterocycles. The summed E-state index contributed by atoms with van der Waals surface area (Å²) in [6.45, 7) is 5.34. The number of carboxylic acid groups (broad SMARTS) is 1. The predicted octanol–water partition coefficient (Wildman–Crippen LogP) is 2.48. The highest BCUT2D eigenvalue weighted by Gasteiger charge is 2.36. The van der Waals surface area contributed by atoms with Crippen molar-refractivity contribution in [3.63, 3.8) is 0 Å². The summed E-state index contributed by atoms with van der Waals surface area (Å²) in [5.41, 5.74) is 0.962. The maximum atomic E-state index is 10.9. The molecule has 2 N–H and O–H groups in total. The molecule has 0 fully saturated rings. The molecule has 0 radical (unpaired) electrons. The van der Waals surface area contributed by atoms with Crippen molar-refractivity contribution in [2.45, 2.75) is 32.3 Å². The summed E-state index contributed by atoms with van der Waals surface area (Å²) >= 11 is 3.40. The Morgan fingerprint density at radius 2 is 2.00 bits per heavy atom. The van der Waals surface area contributed by atoms with Gasteiger partial charge in [-0.2, -0.15) is 0 Å². The number of aliphatic hydroxyl groups is 1. The van der Waals surface area contributed by atoms with E-state index >= 15 is 0 Å². The van der Waals surface area contributed by atoms with Crippen molar-refractivity contribution in [3.05, 3.63) is 33.8 Å². The molecule has 88 valence electrons. The van der Waals surface area contributed by atoms with Crippen LogP contribution in [0.2, 0.25) is 0 Å². The summed E-state index contributed by atoms with van der Waals surface area (Å²) in [5, 5.41) is 18.6. The number of carboxylic acids is 1. The topological polar surface area (TPSA) is 57.5 Å². The number of aliphatic carboxylic acids is 1. The molecule has 1 unspecified atom stereocenters. The molecule has 0 spiro atoms. The molecule has 16 heavy (non-hydrogen) atoms. The molecule has 0 amide bonds. The van der Waals surface area contributed by atoms with Gasteiger partial charge < -0.3 is 10.2 Å². The Balaban J connectivity index is 3.26. The monoisotopic (exact) mass is 286 g/mol. The second-order valence-electron chi connectivity index (χ2n) is 4.37. The van der Waals surface area contributed by atoms with Crippen LogP contribution in [0, 0.1) is 6.92 Å². The van der Waals surface area contributed by atoms with E-state index in [0.29, 0.717) is 0 Å². The van der Waals surface area contributed by atoms with Crippen LogP contribution in [0.25, 0.3) is 0 Å². The Labute approximate surface area is 103 Å². The molecule has 0 aliphatic carbocycles. The third kappa shape index (κ3) is 2.28. The van der Waals surface area contributed by atoms with E-state index in [1.54, 1.807) is 13.8 Å². The SMILES string of the molecule is Cc1c(Br)cccc1C(C)(C)C(O)C(=O)O. The van der Waals surface area contributed by atoms with E-state index in [1.807, 2.05) is 25.1 Å². The van der Waals surface area contributed by atoms with Gasteiger partial charge in [-0.15, -0.1) is 0 Å². The molecule has 0 saturated carbocycles. The fourth-order valence-electron chi connectivity index (χ4n) is 1.76. The van der Waals surface area contributed by atoms with E-state index in [4.69, 9.17) is 5.11 Å². The molecular weight excluding hydrogens is 272 g/mol. The van der Waals surface area contributed by atoms with E-state index in [1.165, 1.54) is 0 Å².